The molecule has 0 fully saturated rings. The van der Waals surface area contributed by atoms with Crippen LogP contribution in [0.5, 0.6) is 0 Å². The van der Waals surface area contributed by atoms with E-state index in [-0.39, 0.29) is 5.69 Å². The van der Waals surface area contributed by atoms with Crippen LogP contribution in [0.25, 0.3) is 11.3 Å². The van der Waals surface area contributed by atoms with Gasteiger partial charge in [0.05, 0.1) is 23.1 Å². The summed E-state index contributed by atoms with van der Waals surface area (Å²) in [4.78, 5) is 10.8. The molecule has 0 amide bonds. The fourth-order valence-electron chi connectivity index (χ4n) is 3.47. The number of rotatable bonds is 5. The third kappa shape index (κ3) is 3.72. The third-order valence-corrected chi connectivity index (χ3v) is 4.91. The zero-order chi connectivity index (χ0) is 21.1. The van der Waals surface area contributed by atoms with Gasteiger partial charge in [-0.3, -0.25) is 10.1 Å². The number of hydrogen-bond donors (Lipinski definition) is 3. The van der Waals surface area contributed by atoms with Gasteiger partial charge in [0.1, 0.15) is 0 Å². The average molecular weight is 398 g/mol. The topological polar surface area (TPSA) is 111 Å². The van der Waals surface area contributed by atoms with Gasteiger partial charge < -0.3 is 15.7 Å². The summed E-state index contributed by atoms with van der Waals surface area (Å²) in [6.07, 6.45) is -0.699. The van der Waals surface area contributed by atoms with Gasteiger partial charge >= 0.3 is 0 Å². The smallest absolute Gasteiger partial charge is 0.270 e. The van der Waals surface area contributed by atoms with E-state index in [1.165, 1.54) is 12.1 Å². The summed E-state index contributed by atoms with van der Waals surface area (Å²) in [7, 11) is 0. The first-order valence-corrected chi connectivity index (χ1v) is 9.33. The quantitative estimate of drug-likeness (QED) is 0.434. The highest BCUT2D eigenvalue weighted by Crippen LogP contribution is 2.41. The molecule has 1 aliphatic heterocycles. The van der Waals surface area contributed by atoms with E-state index in [0.717, 1.165) is 16.8 Å². The number of aliphatic hydroxyl groups is 1. The van der Waals surface area contributed by atoms with Gasteiger partial charge in [0.2, 0.25) is 0 Å². The molecule has 0 aromatic heterocycles. The fraction of sp³-hybridized carbons (Fsp3) is 0.0870. The Morgan fingerprint density at radius 1 is 1.13 bits per heavy atom. The average Bonchev–Trinajstić information content (AvgIpc) is 3.09. The molecule has 0 aliphatic carbocycles. The molecule has 30 heavy (non-hydrogen) atoms. The number of nitrogens with one attached hydrogen (secondary N) is 2. The van der Waals surface area contributed by atoms with E-state index in [0.29, 0.717) is 28.9 Å². The Bertz CT molecular complexity index is 1170. The van der Waals surface area contributed by atoms with E-state index in [9.17, 15) is 15.2 Å². The van der Waals surface area contributed by atoms with Crippen LogP contribution < -0.4 is 10.6 Å². The number of aliphatic hydroxyl groups excluding tert-OH is 1. The first kappa shape index (κ1) is 19.2. The summed E-state index contributed by atoms with van der Waals surface area (Å²) >= 11 is 0. The molecule has 7 nitrogen and oxygen atoms in total. The van der Waals surface area contributed by atoms with E-state index in [4.69, 9.17) is 5.26 Å². The molecular weight excluding hydrogens is 380 g/mol. The van der Waals surface area contributed by atoms with Gasteiger partial charge in [-0.05, 0) is 29.3 Å². The van der Waals surface area contributed by atoms with Crippen molar-refractivity contribution < 1.29 is 10.0 Å². The van der Waals surface area contributed by atoms with Gasteiger partial charge in [-0.2, -0.15) is 5.26 Å². The molecular formula is C23H18N4O3. The predicted octanol–water partition coefficient (Wildman–Crippen LogP) is 4.39. The maximum absolute atomic E-state index is 11.3. The largest absolute Gasteiger partial charge is 0.369 e. The molecule has 0 radical (unpaired) electrons. The minimum atomic E-state index is -1.03. The van der Waals surface area contributed by atoms with E-state index in [2.05, 4.69) is 16.7 Å². The van der Waals surface area contributed by atoms with Gasteiger partial charge in [-0.25, -0.2) is 0 Å². The summed E-state index contributed by atoms with van der Waals surface area (Å²) in [5, 5.41) is 37.2. The summed E-state index contributed by atoms with van der Waals surface area (Å²) in [5.74, 6) is 0. The maximum Gasteiger partial charge on any atom is 0.270 e. The second-order valence-electron chi connectivity index (χ2n) is 6.85. The summed E-state index contributed by atoms with van der Waals surface area (Å²) in [5.41, 5.74) is 4.83. The Morgan fingerprint density at radius 3 is 2.53 bits per heavy atom. The van der Waals surface area contributed by atoms with Crippen molar-refractivity contribution in [1.29, 1.82) is 5.26 Å². The Balaban J connectivity index is 1.85. The molecule has 4 rings (SSSR count). The van der Waals surface area contributed by atoms with Gasteiger partial charge in [-0.1, -0.05) is 42.5 Å². The third-order valence-electron chi connectivity index (χ3n) is 4.91. The second-order valence-corrected chi connectivity index (χ2v) is 6.85. The minimum Gasteiger partial charge on any atom is -0.369 e. The molecule has 148 valence electrons. The molecule has 0 saturated carbocycles. The van der Waals surface area contributed by atoms with E-state index in [1.807, 2.05) is 54.6 Å². The highest BCUT2D eigenvalue weighted by Gasteiger charge is 2.30. The van der Waals surface area contributed by atoms with Gasteiger partial charge in [0.25, 0.3) is 5.69 Å². The Labute approximate surface area is 173 Å². The molecule has 1 aliphatic rings. The van der Waals surface area contributed by atoms with Crippen molar-refractivity contribution in [3.05, 3.63) is 99.6 Å². The number of nitro benzene ring substituents is 1. The number of benzene rings is 3. The molecule has 1 unspecified atom stereocenters. The number of anilines is 2. The molecule has 0 saturated heterocycles. The number of nitro groups is 1. The minimum absolute atomic E-state index is 0.0459. The Kier molecular flexibility index (Phi) is 5.16. The molecule has 0 spiro atoms. The molecule has 3 aromatic carbocycles. The number of fused-ring (bicyclic) bond motifs is 1. The maximum atomic E-state index is 11.3. The van der Waals surface area contributed by atoms with E-state index < -0.39 is 11.2 Å². The van der Waals surface area contributed by atoms with E-state index >= 15 is 0 Å². The van der Waals surface area contributed by atoms with Gasteiger partial charge in [-0.15, -0.1) is 0 Å². The second kappa shape index (κ2) is 8.07. The zero-order valence-corrected chi connectivity index (χ0v) is 15.9. The van der Waals surface area contributed by atoms with Crippen LogP contribution in [0.3, 0.4) is 0 Å². The van der Waals surface area contributed by atoms with Crippen LogP contribution in [-0.4, -0.2) is 16.3 Å². The molecule has 3 aromatic rings. The summed E-state index contributed by atoms with van der Waals surface area (Å²) in [6.45, 7) is 0. The van der Waals surface area contributed by atoms with Crippen LogP contribution in [-0.2, 0) is 6.42 Å². The van der Waals surface area contributed by atoms with Crippen molar-refractivity contribution in [2.45, 2.75) is 12.6 Å². The highest BCUT2D eigenvalue weighted by molar-refractivity contribution is 6.03. The van der Waals surface area contributed by atoms with Gasteiger partial charge in [0.15, 0.2) is 6.23 Å². The Hall–Kier alpha value is -4.15. The Morgan fingerprint density at radius 2 is 1.87 bits per heavy atom. The SMILES string of the molecule is N#CCc1ccc(N/C(=C2/c3cc([N+](=O)[O-])ccc3NC2O)c2ccccc2)cc1. The van der Waals surface area contributed by atoms with Crippen LogP contribution in [0.15, 0.2) is 72.8 Å². The molecule has 0 bridgehead atoms. The highest BCUT2D eigenvalue weighted by atomic mass is 16.6. The van der Waals surface area contributed by atoms with Crippen LogP contribution in [0, 0.1) is 21.4 Å². The standard InChI is InChI=1S/C23H18N4O3/c24-13-12-15-6-8-17(9-7-15)25-22(16-4-2-1-3-5-16)21-19-14-18(27(29)30)10-11-20(19)26-23(21)28/h1-11,14,23,25-26,28H,12H2/b22-21-. The van der Waals surface area contributed by atoms with Crippen molar-refractivity contribution in [2.75, 3.05) is 10.6 Å². The lowest BCUT2D eigenvalue weighted by Crippen LogP contribution is -2.16. The van der Waals surface area contributed by atoms with E-state index in [1.54, 1.807) is 6.07 Å². The molecule has 1 heterocycles. The van der Waals surface area contributed by atoms with Crippen molar-refractivity contribution in [3.8, 4) is 6.07 Å². The lowest BCUT2D eigenvalue weighted by molar-refractivity contribution is -0.384. The van der Waals surface area contributed by atoms with Crippen molar-refractivity contribution in [2.24, 2.45) is 0 Å². The first-order valence-electron chi connectivity index (χ1n) is 9.33. The van der Waals surface area contributed by atoms with Crippen LogP contribution in [0.2, 0.25) is 0 Å². The number of nitriles is 1. The summed E-state index contributed by atoms with van der Waals surface area (Å²) in [6, 6.07) is 23.5. The van der Waals surface area contributed by atoms with Gasteiger partial charge in [0, 0.05) is 34.6 Å². The fourth-order valence-corrected chi connectivity index (χ4v) is 3.47. The molecule has 7 heteroatoms. The summed E-state index contributed by atoms with van der Waals surface area (Å²) < 4.78 is 0. The monoisotopic (exact) mass is 398 g/mol. The normalized spacial score (nSPS) is 16.2. The molecule has 3 N–H and O–H groups in total. The number of non-ortho nitro benzene ring substituents is 1. The van der Waals surface area contributed by atoms with Crippen LogP contribution >= 0.6 is 0 Å². The van der Waals surface area contributed by atoms with Crippen LogP contribution in [0.1, 0.15) is 16.7 Å². The number of hydrogen-bond acceptors (Lipinski definition) is 6. The van der Waals surface area contributed by atoms with Crippen molar-refractivity contribution in [3.63, 3.8) is 0 Å². The lowest BCUT2D eigenvalue weighted by Gasteiger charge is -2.17. The lowest BCUT2D eigenvalue weighted by atomic mass is 9.99. The van der Waals surface area contributed by atoms with Crippen LogP contribution in [0.4, 0.5) is 17.1 Å². The number of nitrogens with zero attached hydrogens (tertiary/aromatic N) is 2. The molecule has 1 atom stereocenters. The first-order chi connectivity index (χ1) is 14.6. The zero-order valence-electron chi connectivity index (χ0n) is 15.9. The predicted molar refractivity (Wildman–Crippen MR) is 115 cm³/mol. The van der Waals surface area contributed by atoms with Crippen molar-refractivity contribution >= 4 is 28.3 Å². The van der Waals surface area contributed by atoms with Crippen molar-refractivity contribution in [1.82, 2.24) is 0 Å².